The summed E-state index contributed by atoms with van der Waals surface area (Å²) in [5, 5.41) is 29.9. The lowest BCUT2D eigenvalue weighted by atomic mass is 10.1. The number of morpholine rings is 1. The Labute approximate surface area is 238 Å². The quantitative estimate of drug-likeness (QED) is 0.150. The minimum Gasteiger partial charge on any atom is -0.508 e. The number of benzene rings is 2. The molecule has 1 amide bonds. The zero-order valence-corrected chi connectivity index (χ0v) is 22.1. The van der Waals surface area contributed by atoms with Gasteiger partial charge < -0.3 is 30.5 Å². The molecule has 210 valence electrons. The van der Waals surface area contributed by atoms with Crippen molar-refractivity contribution in [2.75, 3.05) is 47.3 Å². The SMILES string of the molecule is O=C(Nc1cc(O)cc(Cl)c1)c1cc(O)cc(Nc2ccc(/C=N/Nc3ncc(F)c(N4CCOCC4)n3)nc2)c1. The molecule has 0 bridgehead atoms. The first-order chi connectivity index (χ1) is 19.8. The van der Waals surface area contributed by atoms with E-state index in [1.165, 1.54) is 36.5 Å². The molecular formula is C27H24ClFN8O4. The minimum absolute atomic E-state index is 0.0930. The van der Waals surface area contributed by atoms with Crippen LogP contribution in [0.5, 0.6) is 11.5 Å². The number of carbonyl (C=O) groups is 1. The molecule has 1 saturated heterocycles. The summed E-state index contributed by atoms with van der Waals surface area (Å²) in [5.41, 5.74) is 4.70. The first kappa shape index (κ1) is 27.6. The number of phenolic OH excluding ortho intramolecular Hbond substituents is 2. The minimum atomic E-state index is -0.521. The summed E-state index contributed by atoms with van der Waals surface area (Å²) >= 11 is 5.92. The number of pyridine rings is 1. The zero-order valence-electron chi connectivity index (χ0n) is 21.4. The van der Waals surface area contributed by atoms with Crippen LogP contribution in [0, 0.1) is 5.82 Å². The van der Waals surface area contributed by atoms with E-state index in [0.717, 1.165) is 6.20 Å². The number of carbonyl (C=O) groups excluding carboxylic acids is 1. The van der Waals surface area contributed by atoms with Crippen LogP contribution in [-0.4, -0.2) is 63.6 Å². The second-order valence-electron chi connectivity index (χ2n) is 8.85. The van der Waals surface area contributed by atoms with E-state index in [2.05, 4.69) is 36.1 Å². The zero-order chi connectivity index (χ0) is 28.8. The third-order valence-electron chi connectivity index (χ3n) is 5.79. The molecule has 12 nitrogen and oxygen atoms in total. The molecule has 4 aromatic rings. The molecule has 0 atom stereocenters. The van der Waals surface area contributed by atoms with Crippen molar-refractivity contribution in [3.05, 3.63) is 83.0 Å². The molecule has 0 aliphatic carbocycles. The molecule has 0 saturated carbocycles. The number of hydrogen-bond acceptors (Lipinski definition) is 11. The maximum atomic E-state index is 14.2. The number of nitrogens with one attached hydrogen (secondary N) is 3. The highest BCUT2D eigenvalue weighted by atomic mass is 35.5. The normalized spacial score (nSPS) is 13.3. The summed E-state index contributed by atoms with van der Waals surface area (Å²) in [7, 11) is 0. The van der Waals surface area contributed by atoms with Crippen molar-refractivity contribution in [2.45, 2.75) is 0 Å². The van der Waals surface area contributed by atoms with Crippen LogP contribution in [0.15, 0.2) is 66.0 Å². The first-order valence-electron chi connectivity index (χ1n) is 12.3. The number of rotatable bonds is 8. The van der Waals surface area contributed by atoms with Crippen LogP contribution in [0.3, 0.4) is 0 Å². The molecule has 41 heavy (non-hydrogen) atoms. The van der Waals surface area contributed by atoms with E-state index in [4.69, 9.17) is 16.3 Å². The first-order valence-corrected chi connectivity index (χ1v) is 12.7. The maximum Gasteiger partial charge on any atom is 0.255 e. The Morgan fingerprint density at radius 1 is 1.00 bits per heavy atom. The molecule has 3 heterocycles. The van der Waals surface area contributed by atoms with Crippen molar-refractivity contribution in [3.63, 3.8) is 0 Å². The maximum absolute atomic E-state index is 14.2. The number of aromatic nitrogens is 3. The molecule has 2 aromatic heterocycles. The summed E-state index contributed by atoms with van der Waals surface area (Å²) < 4.78 is 19.5. The number of hydrazone groups is 1. The van der Waals surface area contributed by atoms with Gasteiger partial charge in [-0.1, -0.05) is 11.6 Å². The van der Waals surface area contributed by atoms with Gasteiger partial charge >= 0.3 is 0 Å². The van der Waals surface area contributed by atoms with Gasteiger partial charge in [0.05, 0.1) is 43.2 Å². The third-order valence-corrected chi connectivity index (χ3v) is 6.01. The van der Waals surface area contributed by atoms with E-state index in [1.807, 2.05) is 0 Å². The number of amides is 1. The van der Waals surface area contributed by atoms with Crippen LogP contribution < -0.4 is 21.0 Å². The highest BCUT2D eigenvalue weighted by molar-refractivity contribution is 6.31. The predicted octanol–water partition coefficient (Wildman–Crippen LogP) is 4.35. The molecule has 2 aromatic carbocycles. The number of aromatic hydroxyl groups is 2. The van der Waals surface area contributed by atoms with Crippen molar-refractivity contribution < 1.29 is 24.1 Å². The van der Waals surface area contributed by atoms with Crippen molar-refractivity contribution >= 4 is 52.6 Å². The van der Waals surface area contributed by atoms with Crippen LogP contribution in [0.4, 0.5) is 33.2 Å². The Kier molecular flexibility index (Phi) is 8.36. The second-order valence-corrected chi connectivity index (χ2v) is 9.29. The number of ether oxygens (including phenoxy) is 1. The smallest absolute Gasteiger partial charge is 0.255 e. The van der Waals surface area contributed by atoms with Crippen LogP contribution >= 0.6 is 11.6 Å². The van der Waals surface area contributed by atoms with Crippen LogP contribution in [-0.2, 0) is 4.74 Å². The van der Waals surface area contributed by atoms with Gasteiger partial charge in [0.15, 0.2) is 11.6 Å². The van der Waals surface area contributed by atoms with Gasteiger partial charge in [-0.15, -0.1) is 0 Å². The average Bonchev–Trinajstić information content (AvgIpc) is 2.94. The van der Waals surface area contributed by atoms with Crippen LogP contribution in [0.25, 0.3) is 0 Å². The Bertz CT molecular complexity index is 1560. The lowest BCUT2D eigenvalue weighted by Gasteiger charge is -2.27. The Morgan fingerprint density at radius 3 is 2.54 bits per heavy atom. The lowest BCUT2D eigenvalue weighted by molar-refractivity contribution is 0.102. The molecule has 0 radical (unpaired) electrons. The molecule has 1 fully saturated rings. The van der Waals surface area contributed by atoms with E-state index in [9.17, 15) is 19.4 Å². The van der Waals surface area contributed by atoms with Gasteiger partial charge in [-0.05, 0) is 36.4 Å². The molecule has 14 heteroatoms. The van der Waals surface area contributed by atoms with E-state index >= 15 is 0 Å². The third kappa shape index (κ3) is 7.35. The van der Waals surface area contributed by atoms with Gasteiger partial charge in [-0.3, -0.25) is 9.78 Å². The van der Waals surface area contributed by atoms with Crippen molar-refractivity contribution in [2.24, 2.45) is 5.10 Å². The topological polar surface area (TPSA) is 157 Å². The number of anilines is 5. The molecule has 1 aliphatic rings. The Hall–Kier alpha value is -5.01. The van der Waals surface area contributed by atoms with Gasteiger partial charge in [0.25, 0.3) is 5.91 Å². The van der Waals surface area contributed by atoms with E-state index in [0.29, 0.717) is 49.1 Å². The summed E-state index contributed by atoms with van der Waals surface area (Å²) in [6.07, 6.45) is 4.09. The standard InChI is InChI=1S/C27H24ClFN8O4/c28-17-9-21(12-23(39)10-17)34-26(40)16-7-20(11-22(38)8-16)33-19-2-1-18(30-13-19)14-32-36-27-31-15-24(29)25(35-27)37-3-5-41-6-4-37/h1-2,7-15,33,38-39H,3-6H2,(H,34,40)(H,31,35,36)/b32-14+. The average molecular weight is 579 g/mol. The van der Waals surface area contributed by atoms with Gasteiger partial charge in [0.1, 0.15) is 11.5 Å². The van der Waals surface area contributed by atoms with Crippen LogP contribution in [0.2, 0.25) is 5.02 Å². The number of nitrogens with zero attached hydrogens (tertiary/aromatic N) is 5. The summed E-state index contributed by atoms with van der Waals surface area (Å²) in [4.78, 5) is 26.9. The lowest BCUT2D eigenvalue weighted by Crippen LogP contribution is -2.37. The fourth-order valence-corrected chi connectivity index (χ4v) is 4.18. The largest absolute Gasteiger partial charge is 0.508 e. The van der Waals surface area contributed by atoms with Gasteiger partial charge in [0.2, 0.25) is 5.95 Å². The van der Waals surface area contributed by atoms with Crippen LogP contribution in [0.1, 0.15) is 16.1 Å². The second kappa shape index (κ2) is 12.4. The fraction of sp³-hybridized carbons (Fsp3) is 0.148. The number of halogens is 2. The highest BCUT2D eigenvalue weighted by Crippen LogP contribution is 2.26. The Morgan fingerprint density at radius 2 is 1.78 bits per heavy atom. The van der Waals surface area contributed by atoms with Gasteiger partial charge in [0, 0.05) is 47.2 Å². The number of phenols is 2. The molecule has 0 unspecified atom stereocenters. The highest BCUT2D eigenvalue weighted by Gasteiger charge is 2.18. The van der Waals surface area contributed by atoms with Crippen molar-refractivity contribution in [1.29, 1.82) is 0 Å². The monoisotopic (exact) mass is 578 g/mol. The summed E-state index contributed by atoms with van der Waals surface area (Å²) in [6, 6.07) is 11.9. The predicted molar refractivity (Wildman–Crippen MR) is 153 cm³/mol. The van der Waals surface area contributed by atoms with Crippen molar-refractivity contribution in [3.8, 4) is 11.5 Å². The summed E-state index contributed by atoms with van der Waals surface area (Å²) in [6.45, 7) is 2.07. The van der Waals surface area contributed by atoms with E-state index in [-0.39, 0.29) is 33.9 Å². The number of hydrogen-bond donors (Lipinski definition) is 5. The van der Waals surface area contributed by atoms with Gasteiger partial charge in [-0.25, -0.2) is 14.8 Å². The molecule has 5 rings (SSSR count). The molecule has 5 N–H and O–H groups in total. The Balaban J connectivity index is 1.20. The van der Waals surface area contributed by atoms with E-state index < -0.39 is 11.7 Å². The fourth-order valence-electron chi connectivity index (χ4n) is 3.95. The molecule has 1 aliphatic heterocycles. The summed E-state index contributed by atoms with van der Waals surface area (Å²) in [5.74, 6) is -0.928. The molecule has 0 spiro atoms. The van der Waals surface area contributed by atoms with Crippen molar-refractivity contribution in [1.82, 2.24) is 15.0 Å². The van der Waals surface area contributed by atoms with Gasteiger partial charge in [-0.2, -0.15) is 10.1 Å². The molecular weight excluding hydrogens is 555 g/mol. The van der Waals surface area contributed by atoms with E-state index in [1.54, 1.807) is 29.3 Å².